The maximum atomic E-state index is 11.4. The number of aromatic nitrogens is 2. The average molecular weight is 289 g/mol. The molecule has 0 bridgehead atoms. The first kappa shape index (κ1) is 15.2. The molecule has 0 radical (unpaired) electrons. The van der Waals surface area contributed by atoms with Crippen molar-refractivity contribution in [3.8, 4) is 11.4 Å². The highest BCUT2D eigenvalue weighted by Crippen LogP contribution is 2.15. The highest BCUT2D eigenvalue weighted by Gasteiger charge is 2.15. The van der Waals surface area contributed by atoms with Crippen LogP contribution in [0.1, 0.15) is 19.2 Å². The summed E-state index contributed by atoms with van der Waals surface area (Å²) in [6.07, 6.45) is 0.927. The van der Waals surface area contributed by atoms with Gasteiger partial charge in [0.15, 0.2) is 0 Å². The van der Waals surface area contributed by atoms with Gasteiger partial charge in [-0.3, -0.25) is 9.69 Å². The number of rotatable bonds is 7. The number of hydrogen-bond donors (Lipinski definition) is 0. The van der Waals surface area contributed by atoms with Gasteiger partial charge in [-0.1, -0.05) is 42.4 Å². The van der Waals surface area contributed by atoms with Gasteiger partial charge in [0, 0.05) is 5.56 Å². The second-order valence-electron chi connectivity index (χ2n) is 4.66. The van der Waals surface area contributed by atoms with E-state index in [-0.39, 0.29) is 12.5 Å². The van der Waals surface area contributed by atoms with E-state index >= 15 is 0 Å². The molecule has 0 N–H and O–H groups in total. The van der Waals surface area contributed by atoms with Gasteiger partial charge in [0.25, 0.3) is 0 Å². The summed E-state index contributed by atoms with van der Waals surface area (Å²) in [5.74, 6) is 0.776. The lowest BCUT2D eigenvalue weighted by atomic mass is 10.2. The molecule has 0 amide bonds. The Hall–Kier alpha value is -2.21. The zero-order chi connectivity index (χ0) is 15.1. The van der Waals surface area contributed by atoms with Gasteiger partial charge >= 0.3 is 5.97 Å². The Morgan fingerprint density at radius 2 is 2.10 bits per heavy atom. The summed E-state index contributed by atoms with van der Waals surface area (Å²) in [6.45, 7) is 3.46. The Labute approximate surface area is 123 Å². The third kappa shape index (κ3) is 4.39. The molecule has 1 aromatic heterocycles. The summed E-state index contributed by atoms with van der Waals surface area (Å²) in [5, 5.41) is 3.97. The van der Waals surface area contributed by atoms with Crippen molar-refractivity contribution >= 4 is 5.97 Å². The lowest BCUT2D eigenvalue weighted by molar-refractivity contribution is -0.142. The van der Waals surface area contributed by atoms with Crippen LogP contribution in [-0.4, -0.2) is 41.2 Å². The van der Waals surface area contributed by atoms with Gasteiger partial charge in [-0.05, 0) is 13.0 Å². The summed E-state index contributed by atoms with van der Waals surface area (Å²) < 4.78 is 9.95. The van der Waals surface area contributed by atoms with Crippen LogP contribution in [0.25, 0.3) is 11.4 Å². The lowest BCUT2D eigenvalue weighted by Gasteiger charge is -2.17. The predicted octanol–water partition coefficient (Wildman–Crippen LogP) is 2.12. The van der Waals surface area contributed by atoms with Crippen LogP contribution in [0.4, 0.5) is 0 Å². The van der Waals surface area contributed by atoms with E-state index in [1.807, 2.05) is 42.2 Å². The van der Waals surface area contributed by atoms with Crippen molar-refractivity contribution in [3.63, 3.8) is 0 Å². The third-order valence-electron chi connectivity index (χ3n) is 2.98. The van der Waals surface area contributed by atoms with Crippen molar-refractivity contribution in [2.24, 2.45) is 0 Å². The quantitative estimate of drug-likeness (QED) is 0.727. The van der Waals surface area contributed by atoms with E-state index in [2.05, 4.69) is 10.1 Å². The number of ether oxygens (including phenoxy) is 1. The largest absolute Gasteiger partial charge is 0.468 e. The first-order valence-electron chi connectivity index (χ1n) is 6.90. The van der Waals surface area contributed by atoms with Crippen LogP contribution in [0, 0.1) is 0 Å². The lowest BCUT2D eigenvalue weighted by Crippen LogP contribution is -2.31. The second-order valence-corrected chi connectivity index (χ2v) is 4.66. The van der Waals surface area contributed by atoms with Gasteiger partial charge in [0.2, 0.25) is 11.7 Å². The predicted molar refractivity (Wildman–Crippen MR) is 77.3 cm³/mol. The van der Waals surface area contributed by atoms with Crippen molar-refractivity contribution in [3.05, 3.63) is 36.2 Å². The highest BCUT2D eigenvalue weighted by molar-refractivity contribution is 5.71. The van der Waals surface area contributed by atoms with Crippen molar-refractivity contribution in [1.82, 2.24) is 15.0 Å². The Bertz CT molecular complexity index is 569. The van der Waals surface area contributed by atoms with Crippen LogP contribution >= 0.6 is 0 Å². The summed E-state index contributed by atoms with van der Waals surface area (Å²) in [6, 6.07) is 9.63. The number of carbonyl (C=O) groups is 1. The summed E-state index contributed by atoms with van der Waals surface area (Å²) in [4.78, 5) is 17.7. The van der Waals surface area contributed by atoms with E-state index in [0.29, 0.717) is 18.3 Å². The van der Waals surface area contributed by atoms with E-state index in [0.717, 1.165) is 18.5 Å². The van der Waals surface area contributed by atoms with E-state index in [9.17, 15) is 4.79 Å². The van der Waals surface area contributed by atoms with E-state index in [1.54, 1.807) is 0 Å². The van der Waals surface area contributed by atoms with Crippen LogP contribution < -0.4 is 0 Å². The fourth-order valence-electron chi connectivity index (χ4n) is 1.99. The van der Waals surface area contributed by atoms with Crippen molar-refractivity contribution in [1.29, 1.82) is 0 Å². The number of benzene rings is 1. The van der Waals surface area contributed by atoms with Crippen LogP contribution in [0.15, 0.2) is 34.9 Å². The number of methoxy groups -OCH3 is 1. The fourth-order valence-corrected chi connectivity index (χ4v) is 1.99. The zero-order valence-electron chi connectivity index (χ0n) is 12.3. The standard InChI is InChI=1S/C15H19N3O3/c1-3-9-18(11-14(19)20-2)10-13-16-15(17-21-13)12-7-5-4-6-8-12/h4-8H,3,9-11H2,1-2H3. The molecule has 6 nitrogen and oxygen atoms in total. The monoisotopic (exact) mass is 289 g/mol. The minimum Gasteiger partial charge on any atom is -0.468 e. The molecule has 0 aliphatic carbocycles. The maximum Gasteiger partial charge on any atom is 0.319 e. The van der Waals surface area contributed by atoms with Gasteiger partial charge in [-0.25, -0.2) is 0 Å². The molecule has 6 heteroatoms. The molecule has 0 saturated carbocycles. The van der Waals surface area contributed by atoms with Crippen molar-refractivity contribution < 1.29 is 14.1 Å². The van der Waals surface area contributed by atoms with Crippen LogP contribution in [0.3, 0.4) is 0 Å². The topological polar surface area (TPSA) is 68.5 Å². The van der Waals surface area contributed by atoms with Crippen LogP contribution in [0.5, 0.6) is 0 Å². The Morgan fingerprint density at radius 3 is 2.76 bits per heavy atom. The molecule has 0 aliphatic rings. The molecule has 2 aromatic rings. The molecule has 0 saturated heterocycles. The molecule has 0 spiro atoms. The summed E-state index contributed by atoms with van der Waals surface area (Å²) >= 11 is 0. The Morgan fingerprint density at radius 1 is 1.33 bits per heavy atom. The number of esters is 1. The smallest absolute Gasteiger partial charge is 0.319 e. The normalized spacial score (nSPS) is 10.8. The molecule has 21 heavy (non-hydrogen) atoms. The molecule has 112 valence electrons. The second kappa shape index (κ2) is 7.54. The molecule has 0 unspecified atom stereocenters. The van der Waals surface area contributed by atoms with Gasteiger partial charge in [0.05, 0.1) is 20.2 Å². The minimum absolute atomic E-state index is 0.216. The number of carbonyl (C=O) groups excluding carboxylic acids is 1. The van der Waals surface area contributed by atoms with Crippen molar-refractivity contribution in [2.75, 3.05) is 20.2 Å². The van der Waals surface area contributed by atoms with Gasteiger partial charge in [-0.2, -0.15) is 4.98 Å². The first-order valence-corrected chi connectivity index (χ1v) is 6.90. The van der Waals surface area contributed by atoms with Gasteiger partial charge < -0.3 is 9.26 Å². The molecule has 1 aromatic carbocycles. The highest BCUT2D eigenvalue weighted by atomic mass is 16.5. The maximum absolute atomic E-state index is 11.4. The summed E-state index contributed by atoms with van der Waals surface area (Å²) in [5.41, 5.74) is 0.905. The Kier molecular flexibility index (Phi) is 5.45. The first-order chi connectivity index (χ1) is 10.2. The average Bonchev–Trinajstić information content (AvgIpc) is 2.97. The summed E-state index contributed by atoms with van der Waals surface area (Å²) in [7, 11) is 1.38. The fraction of sp³-hybridized carbons (Fsp3) is 0.400. The van der Waals surface area contributed by atoms with E-state index < -0.39 is 0 Å². The Balaban J connectivity index is 2.04. The molecule has 0 atom stereocenters. The van der Waals surface area contributed by atoms with Gasteiger partial charge in [-0.15, -0.1) is 0 Å². The SMILES string of the molecule is CCCN(CC(=O)OC)Cc1nc(-c2ccccc2)no1. The number of hydrogen-bond acceptors (Lipinski definition) is 6. The molecular weight excluding hydrogens is 270 g/mol. The van der Waals surface area contributed by atoms with Crippen molar-refractivity contribution in [2.45, 2.75) is 19.9 Å². The molecule has 1 heterocycles. The molecule has 0 fully saturated rings. The van der Waals surface area contributed by atoms with Crippen LogP contribution in [0.2, 0.25) is 0 Å². The van der Waals surface area contributed by atoms with E-state index in [4.69, 9.17) is 9.26 Å². The number of nitrogens with zero attached hydrogens (tertiary/aromatic N) is 3. The molecular formula is C15H19N3O3. The van der Waals surface area contributed by atoms with E-state index in [1.165, 1.54) is 7.11 Å². The third-order valence-corrected chi connectivity index (χ3v) is 2.98. The zero-order valence-corrected chi connectivity index (χ0v) is 12.3. The minimum atomic E-state index is -0.272. The molecule has 2 rings (SSSR count). The van der Waals surface area contributed by atoms with Gasteiger partial charge in [0.1, 0.15) is 0 Å². The molecule has 0 aliphatic heterocycles. The van der Waals surface area contributed by atoms with Crippen LogP contribution in [-0.2, 0) is 16.1 Å².